The van der Waals surface area contributed by atoms with E-state index in [-0.39, 0.29) is 24.1 Å². The fourth-order valence-corrected chi connectivity index (χ4v) is 2.40. The van der Waals surface area contributed by atoms with Crippen LogP contribution in [0, 0.1) is 11.7 Å². The summed E-state index contributed by atoms with van der Waals surface area (Å²) in [6.45, 7) is 1.38. The van der Waals surface area contributed by atoms with E-state index in [1.165, 1.54) is 18.3 Å². The van der Waals surface area contributed by atoms with Gasteiger partial charge in [0.15, 0.2) is 11.6 Å². The van der Waals surface area contributed by atoms with Crippen LogP contribution in [-0.2, 0) is 9.53 Å². The number of amides is 1. The van der Waals surface area contributed by atoms with Gasteiger partial charge in [0.1, 0.15) is 0 Å². The molecular formula is C13H14FN3O2. The van der Waals surface area contributed by atoms with Gasteiger partial charge in [-0.1, -0.05) is 0 Å². The Morgan fingerprint density at radius 1 is 1.37 bits per heavy atom. The first-order valence-corrected chi connectivity index (χ1v) is 6.34. The first-order valence-electron chi connectivity index (χ1n) is 6.34. The highest BCUT2D eigenvalue weighted by Crippen LogP contribution is 2.26. The topological polar surface area (TPSA) is 54.8 Å². The molecule has 0 aromatic carbocycles. The Bertz CT molecular complexity index is 526. The quantitative estimate of drug-likeness (QED) is 0.816. The summed E-state index contributed by atoms with van der Waals surface area (Å²) in [6, 6.07) is 2.76. The highest BCUT2D eigenvalue weighted by molar-refractivity contribution is 6.13. The molecule has 3 rings (SSSR count). The first-order chi connectivity index (χ1) is 9.25. The summed E-state index contributed by atoms with van der Waals surface area (Å²) in [5.41, 5.74) is 0.818. The number of aromatic nitrogens is 1. The molecule has 1 aromatic rings. The van der Waals surface area contributed by atoms with Gasteiger partial charge in [-0.2, -0.15) is 10.1 Å². The van der Waals surface area contributed by atoms with E-state index in [1.54, 1.807) is 0 Å². The summed E-state index contributed by atoms with van der Waals surface area (Å²) < 4.78 is 18.9. The molecule has 3 heterocycles. The first kappa shape index (κ1) is 12.2. The maximum absolute atomic E-state index is 13.6. The predicted octanol–water partition coefficient (Wildman–Crippen LogP) is 1.74. The Hall–Kier alpha value is -1.82. The molecule has 1 aromatic heterocycles. The van der Waals surface area contributed by atoms with Gasteiger partial charge in [0.05, 0.1) is 12.1 Å². The number of hydrazone groups is 1. The van der Waals surface area contributed by atoms with Crippen molar-refractivity contribution in [1.29, 1.82) is 0 Å². The molecule has 0 aliphatic carbocycles. The van der Waals surface area contributed by atoms with Crippen LogP contribution in [0.25, 0.3) is 0 Å². The lowest BCUT2D eigenvalue weighted by molar-refractivity contribution is -0.117. The number of anilines is 1. The van der Waals surface area contributed by atoms with Gasteiger partial charge in [-0.3, -0.25) is 4.79 Å². The summed E-state index contributed by atoms with van der Waals surface area (Å²) in [5.74, 6) is -0.518. The third-order valence-corrected chi connectivity index (χ3v) is 3.43. The van der Waals surface area contributed by atoms with E-state index < -0.39 is 5.82 Å². The van der Waals surface area contributed by atoms with Gasteiger partial charge in [-0.15, -0.1) is 0 Å². The fourth-order valence-electron chi connectivity index (χ4n) is 2.40. The van der Waals surface area contributed by atoms with Gasteiger partial charge in [-0.25, -0.2) is 9.37 Å². The summed E-state index contributed by atoms with van der Waals surface area (Å²) in [5, 5.41) is 5.35. The molecule has 0 atom stereocenters. The molecule has 1 fully saturated rings. The Labute approximate surface area is 110 Å². The Balaban J connectivity index is 1.85. The normalized spacial score (nSPS) is 20.8. The van der Waals surface area contributed by atoms with Crippen LogP contribution < -0.4 is 5.01 Å². The van der Waals surface area contributed by atoms with E-state index in [1.807, 2.05) is 0 Å². The van der Waals surface area contributed by atoms with Crippen molar-refractivity contribution in [3.8, 4) is 0 Å². The van der Waals surface area contributed by atoms with Gasteiger partial charge in [0.2, 0.25) is 0 Å². The Morgan fingerprint density at radius 3 is 2.89 bits per heavy atom. The molecule has 0 radical (unpaired) electrons. The second-order valence-electron chi connectivity index (χ2n) is 4.67. The van der Waals surface area contributed by atoms with Crippen molar-refractivity contribution in [1.82, 2.24) is 4.98 Å². The summed E-state index contributed by atoms with van der Waals surface area (Å²) >= 11 is 0. The molecule has 100 valence electrons. The van der Waals surface area contributed by atoms with E-state index in [0.29, 0.717) is 13.2 Å². The van der Waals surface area contributed by atoms with Gasteiger partial charge >= 0.3 is 0 Å². The van der Waals surface area contributed by atoms with Crippen molar-refractivity contribution in [3.05, 3.63) is 24.1 Å². The zero-order chi connectivity index (χ0) is 13.2. The lowest BCUT2D eigenvalue weighted by atomic mass is 9.93. The molecule has 0 saturated carbocycles. The third kappa shape index (κ3) is 2.35. The molecule has 0 bridgehead atoms. The molecular weight excluding hydrogens is 249 g/mol. The van der Waals surface area contributed by atoms with Crippen LogP contribution in [0.1, 0.15) is 19.3 Å². The van der Waals surface area contributed by atoms with Crippen molar-refractivity contribution in [2.75, 3.05) is 18.2 Å². The highest BCUT2D eigenvalue weighted by Gasteiger charge is 2.32. The average Bonchev–Trinajstić information content (AvgIpc) is 2.82. The SMILES string of the molecule is O=C1CC(C2CCOCC2)=NN1c1ncccc1F. The minimum atomic E-state index is -0.534. The fraction of sp³-hybridized carbons (Fsp3) is 0.462. The maximum atomic E-state index is 13.6. The third-order valence-electron chi connectivity index (χ3n) is 3.43. The van der Waals surface area contributed by atoms with Gasteiger partial charge in [0, 0.05) is 25.3 Å². The minimum Gasteiger partial charge on any atom is -0.381 e. The van der Waals surface area contributed by atoms with Crippen molar-refractivity contribution >= 4 is 17.4 Å². The Morgan fingerprint density at radius 2 is 2.16 bits per heavy atom. The largest absolute Gasteiger partial charge is 0.381 e. The molecule has 19 heavy (non-hydrogen) atoms. The van der Waals surface area contributed by atoms with Crippen LogP contribution in [-0.4, -0.2) is 29.8 Å². The number of carbonyl (C=O) groups excluding carboxylic acids is 1. The minimum absolute atomic E-state index is 0.0189. The lowest BCUT2D eigenvalue weighted by Crippen LogP contribution is -2.23. The van der Waals surface area contributed by atoms with Gasteiger partial charge in [0.25, 0.3) is 5.91 Å². The number of ether oxygens (including phenoxy) is 1. The second-order valence-corrected chi connectivity index (χ2v) is 4.67. The number of rotatable bonds is 2. The van der Waals surface area contributed by atoms with Crippen LogP contribution >= 0.6 is 0 Å². The lowest BCUT2D eigenvalue weighted by Gasteiger charge is -2.21. The Kier molecular flexibility index (Phi) is 3.25. The second kappa shape index (κ2) is 5.05. The molecule has 2 aliphatic rings. The maximum Gasteiger partial charge on any atom is 0.254 e. The van der Waals surface area contributed by atoms with Crippen molar-refractivity contribution in [2.45, 2.75) is 19.3 Å². The number of hydrogen-bond donors (Lipinski definition) is 0. The van der Waals surface area contributed by atoms with Crippen LogP contribution in [0.2, 0.25) is 0 Å². The van der Waals surface area contributed by atoms with Crippen LogP contribution in [0.5, 0.6) is 0 Å². The van der Waals surface area contributed by atoms with Crippen molar-refractivity contribution < 1.29 is 13.9 Å². The summed E-state index contributed by atoms with van der Waals surface area (Å²) in [6.07, 6.45) is 3.43. The van der Waals surface area contributed by atoms with E-state index in [9.17, 15) is 9.18 Å². The molecule has 0 N–H and O–H groups in total. The van der Waals surface area contributed by atoms with Gasteiger partial charge < -0.3 is 4.74 Å². The number of hydrogen-bond acceptors (Lipinski definition) is 4. The van der Waals surface area contributed by atoms with Crippen LogP contribution in [0.4, 0.5) is 10.2 Å². The number of pyridine rings is 1. The molecule has 0 unspecified atom stereocenters. The molecule has 0 spiro atoms. The molecule has 5 nitrogen and oxygen atoms in total. The smallest absolute Gasteiger partial charge is 0.254 e. The molecule has 1 amide bonds. The van der Waals surface area contributed by atoms with E-state index in [2.05, 4.69) is 10.1 Å². The van der Waals surface area contributed by atoms with E-state index in [4.69, 9.17) is 4.74 Å². The van der Waals surface area contributed by atoms with Gasteiger partial charge in [-0.05, 0) is 25.0 Å². The standard InChI is InChI=1S/C13H14FN3O2/c14-10-2-1-5-15-13(10)17-12(18)8-11(16-17)9-3-6-19-7-4-9/h1-2,5,9H,3-4,6-8H2. The van der Waals surface area contributed by atoms with Crippen molar-refractivity contribution in [2.24, 2.45) is 11.0 Å². The monoisotopic (exact) mass is 263 g/mol. The van der Waals surface area contributed by atoms with E-state index >= 15 is 0 Å². The van der Waals surface area contributed by atoms with Crippen molar-refractivity contribution in [3.63, 3.8) is 0 Å². The molecule has 1 saturated heterocycles. The average molecular weight is 263 g/mol. The van der Waals surface area contributed by atoms with Crippen LogP contribution in [0.15, 0.2) is 23.4 Å². The molecule has 2 aliphatic heterocycles. The number of nitrogens with zero attached hydrogens (tertiary/aromatic N) is 3. The van der Waals surface area contributed by atoms with Crippen LogP contribution in [0.3, 0.4) is 0 Å². The highest BCUT2D eigenvalue weighted by atomic mass is 19.1. The zero-order valence-electron chi connectivity index (χ0n) is 10.4. The number of carbonyl (C=O) groups is 1. The molecule has 6 heteroatoms. The summed E-state index contributed by atoms with van der Waals surface area (Å²) in [4.78, 5) is 15.8. The summed E-state index contributed by atoms with van der Waals surface area (Å²) in [7, 11) is 0. The number of halogens is 1. The zero-order valence-corrected chi connectivity index (χ0v) is 10.4. The van der Waals surface area contributed by atoms with E-state index in [0.717, 1.165) is 23.6 Å². The predicted molar refractivity (Wildman–Crippen MR) is 67.3 cm³/mol.